The van der Waals surface area contributed by atoms with Crippen LogP contribution in [0.3, 0.4) is 0 Å². The second kappa shape index (κ2) is 10.4. The minimum Gasteiger partial charge on any atom is -0.493 e. The van der Waals surface area contributed by atoms with Crippen LogP contribution in [0.4, 0.5) is 18.3 Å². The summed E-state index contributed by atoms with van der Waals surface area (Å²) in [5.74, 6) is 0.770. The zero-order valence-electron chi connectivity index (χ0n) is 18.0. The zero-order valence-corrected chi connectivity index (χ0v) is 18.8. The second-order valence-electron chi connectivity index (χ2n) is 6.76. The van der Waals surface area contributed by atoms with Crippen LogP contribution in [0.5, 0.6) is 23.0 Å². The van der Waals surface area contributed by atoms with Crippen LogP contribution in [-0.2, 0) is 17.6 Å². The van der Waals surface area contributed by atoms with Gasteiger partial charge in [0, 0.05) is 17.5 Å². The molecule has 0 spiro atoms. The highest BCUT2D eigenvalue weighted by Gasteiger charge is 2.30. The van der Waals surface area contributed by atoms with Crippen molar-refractivity contribution in [3.05, 3.63) is 58.6 Å². The Hall–Kier alpha value is -3.47. The number of aromatic nitrogens is 1. The SMILES string of the molecule is COc1cc(CC(=O)Nc2ncc(Cc3ccc(OC(F)(F)F)cc3)s2)cc(OC)c1OC. The van der Waals surface area contributed by atoms with E-state index < -0.39 is 6.36 Å². The quantitative estimate of drug-likeness (QED) is 0.470. The lowest BCUT2D eigenvalue weighted by Gasteiger charge is -2.13. The molecule has 176 valence electrons. The predicted molar refractivity (Wildman–Crippen MR) is 116 cm³/mol. The van der Waals surface area contributed by atoms with Gasteiger partial charge < -0.3 is 24.3 Å². The van der Waals surface area contributed by atoms with Gasteiger partial charge in [-0.3, -0.25) is 4.79 Å². The lowest BCUT2D eigenvalue weighted by atomic mass is 10.1. The number of benzene rings is 2. The first kappa shape index (κ1) is 24.2. The van der Waals surface area contributed by atoms with Crippen molar-refractivity contribution in [2.24, 2.45) is 0 Å². The number of alkyl halides is 3. The number of rotatable bonds is 9. The van der Waals surface area contributed by atoms with Crippen molar-refractivity contribution in [2.75, 3.05) is 26.6 Å². The van der Waals surface area contributed by atoms with Crippen LogP contribution < -0.4 is 24.3 Å². The van der Waals surface area contributed by atoms with Crippen molar-refractivity contribution in [3.8, 4) is 23.0 Å². The first-order chi connectivity index (χ1) is 15.7. The summed E-state index contributed by atoms with van der Waals surface area (Å²) in [6, 6.07) is 8.99. The van der Waals surface area contributed by atoms with Gasteiger partial charge in [0.2, 0.25) is 11.7 Å². The minimum absolute atomic E-state index is 0.0618. The summed E-state index contributed by atoms with van der Waals surface area (Å²) in [6.45, 7) is 0. The number of amides is 1. The summed E-state index contributed by atoms with van der Waals surface area (Å²) >= 11 is 1.28. The Morgan fingerprint density at radius 3 is 2.18 bits per heavy atom. The Balaban J connectivity index is 1.61. The van der Waals surface area contributed by atoms with Gasteiger partial charge in [0.1, 0.15) is 5.75 Å². The lowest BCUT2D eigenvalue weighted by molar-refractivity contribution is -0.274. The molecular formula is C22H21F3N2O5S. The first-order valence-corrected chi connectivity index (χ1v) is 10.4. The molecule has 2 aromatic carbocycles. The van der Waals surface area contributed by atoms with Gasteiger partial charge in [0.15, 0.2) is 16.6 Å². The molecule has 0 radical (unpaired) electrons. The standard InChI is InChI=1S/C22H21F3N2O5S/c1-29-17-9-14(10-18(30-2)20(17)31-3)11-19(28)27-21-26-12-16(33-21)8-13-4-6-15(7-5-13)32-22(23,24)25/h4-7,9-10,12H,8,11H2,1-3H3,(H,26,27,28). The van der Waals surface area contributed by atoms with Crippen LogP contribution >= 0.6 is 11.3 Å². The van der Waals surface area contributed by atoms with Gasteiger partial charge in [-0.05, 0) is 35.4 Å². The number of methoxy groups -OCH3 is 3. The fraction of sp³-hybridized carbons (Fsp3) is 0.273. The van der Waals surface area contributed by atoms with Crippen molar-refractivity contribution in [3.63, 3.8) is 0 Å². The predicted octanol–water partition coefficient (Wildman–Crippen LogP) is 4.84. The summed E-state index contributed by atoms with van der Waals surface area (Å²) in [7, 11) is 4.49. The smallest absolute Gasteiger partial charge is 0.493 e. The molecule has 0 aliphatic rings. The molecule has 3 aromatic rings. The maximum Gasteiger partial charge on any atom is 0.573 e. The van der Waals surface area contributed by atoms with Gasteiger partial charge >= 0.3 is 6.36 Å². The summed E-state index contributed by atoms with van der Waals surface area (Å²) in [5, 5.41) is 3.16. The van der Waals surface area contributed by atoms with Crippen molar-refractivity contribution >= 4 is 22.4 Å². The molecule has 0 unspecified atom stereocenters. The zero-order chi connectivity index (χ0) is 24.0. The van der Waals surface area contributed by atoms with Crippen LogP contribution in [0, 0.1) is 0 Å². The fourth-order valence-electron chi connectivity index (χ4n) is 3.04. The van der Waals surface area contributed by atoms with Crippen molar-refractivity contribution in [1.82, 2.24) is 4.98 Å². The number of nitrogens with one attached hydrogen (secondary N) is 1. The third kappa shape index (κ3) is 6.75. The molecular weight excluding hydrogens is 461 g/mol. The number of anilines is 1. The van der Waals surface area contributed by atoms with E-state index in [0.29, 0.717) is 34.4 Å². The normalized spacial score (nSPS) is 11.1. The number of nitrogens with zero attached hydrogens (tertiary/aromatic N) is 1. The van der Waals surface area contributed by atoms with Gasteiger partial charge in [-0.1, -0.05) is 12.1 Å². The summed E-state index contributed by atoms with van der Waals surface area (Å²) < 4.78 is 56.5. The number of carbonyl (C=O) groups is 1. The van der Waals surface area contributed by atoms with Crippen LogP contribution in [-0.4, -0.2) is 38.6 Å². The van der Waals surface area contributed by atoms with Crippen molar-refractivity contribution < 1.29 is 36.9 Å². The Morgan fingerprint density at radius 2 is 1.64 bits per heavy atom. The van der Waals surface area contributed by atoms with E-state index in [0.717, 1.165) is 10.4 Å². The van der Waals surface area contributed by atoms with E-state index >= 15 is 0 Å². The molecule has 0 fully saturated rings. The first-order valence-electron chi connectivity index (χ1n) is 9.59. The monoisotopic (exact) mass is 482 g/mol. The molecule has 33 heavy (non-hydrogen) atoms. The van der Waals surface area contributed by atoms with Crippen LogP contribution in [0.1, 0.15) is 16.0 Å². The molecule has 0 saturated heterocycles. The topological polar surface area (TPSA) is 78.9 Å². The average molecular weight is 482 g/mol. The third-order valence-electron chi connectivity index (χ3n) is 4.42. The molecule has 0 atom stereocenters. The third-order valence-corrected chi connectivity index (χ3v) is 5.34. The largest absolute Gasteiger partial charge is 0.573 e. The minimum atomic E-state index is -4.73. The highest BCUT2D eigenvalue weighted by Crippen LogP contribution is 2.38. The molecule has 3 rings (SSSR count). The number of ether oxygens (including phenoxy) is 4. The molecule has 0 aliphatic carbocycles. The van der Waals surface area contributed by atoms with E-state index in [9.17, 15) is 18.0 Å². The van der Waals surface area contributed by atoms with Gasteiger partial charge in [-0.15, -0.1) is 24.5 Å². The summed E-state index contributed by atoms with van der Waals surface area (Å²) in [4.78, 5) is 17.5. The molecule has 1 N–H and O–H groups in total. The maximum absolute atomic E-state index is 12.5. The van der Waals surface area contributed by atoms with Crippen molar-refractivity contribution in [1.29, 1.82) is 0 Å². The Bertz CT molecular complexity index is 1080. The molecule has 0 aliphatic heterocycles. The van der Waals surface area contributed by atoms with Crippen LogP contribution in [0.25, 0.3) is 0 Å². The average Bonchev–Trinajstić information content (AvgIpc) is 3.19. The second-order valence-corrected chi connectivity index (χ2v) is 7.87. The highest BCUT2D eigenvalue weighted by atomic mass is 32.1. The number of hydrogen-bond donors (Lipinski definition) is 1. The summed E-state index contributed by atoms with van der Waals surface area (Å²) in [5.41, 5.74) is 1.45. The number of thiazole rings is 1. The Morgan fingerprint density at radius 1 is 1.00 bits per heavy atom. The van der Waals surface area contributed by atoms with Gasteiger partial charge in [0.25, 0.3) is 0 Å². The van der Waals surface area contributed by atoms with E-state index in [2.05, 4.69) is 15.0 Å². The van der Waals surface area contributed by atoms with Gasteiger partial charge in [-0.2, -0.15) is 0 Å². The van der Waals surface area contributed by atoms with Crippen molar-refractivity contribution in [2.45, 2.75) is 19.2 Å². The molecule has 1 aromatic heterocycles. The number of halogens is 3. The van der Waals surface area contributed by atoms with E-state index in [1.807, 2.05) is 0 Å². The summed E-state index contributed by atoms with van der Waals surface area (Å²) in [6.07, 6.45) is -2.60. The fourth-order valence-corrected chi connectivity index (χ4v) is 3.91. The van der Waals surface area contributed by atoms with E-state index in [4.69, 9.17) is 14.2 Å². The maximum atomic E-state index is 12.5. The van der Waals surface area contributed by atoms with E-state index in [-0.39, 0.29) is 18.1 Å². The molecule has 0 bridgehead atoms. The van der Waals surface area contributed by atoms with Gasteiger partial charge in [-0.25, -0.2) is 4.98 Å². The number of hydrogen-bond acceptors (Lipinski definition) is 7. The van der Waals surface area contributed by atoms with E-state index in [1.165, 1.54) is 44.8 Å². The number of carbonyl (C=O) groups excluding carboxylic acids is 1. The molecule has 7 nitrogen and oxygen atoms in total. The Labute approximate surface area is 192 Å². The van der Waals surface area contributed by atoms with Crippen LogP contribution in [0.2, 0.25) is 0 Å². The molecule has 11 heteroatoms. The van der Waals surface area contributed by atoms with Crippen LogP contribution in [0.15, 0.2) is 42.6 Å². The van der Waals surface area contributed by atoms with Gasteiger partial charge in [0.05, 0.1) is 27.8 Å². The molecule has 1 heterocycles. The van der Waals surface area contributed by atoms with E-state index in [1.54, 1.807) is 30.5 Å². The molecule has 1 amide bonds. The molecule has 0 saturated carbocycles. The highest BCUT2D eigenvalue weighted by molar-refractivity contribution is 7.15. The lowest BCUT2D eigenvalue weighted by Crippen LogP contribution is -2.17. The Kier molecular flexibility index (Phi) is 7.64.